The zero-order valence-electron chi connectivity index (χ0n) is 13.4. The van der Waals surface area contributed by atoms with Crippen LogP contribution in [-0.4, -0.2) is 46.9 Å². The number of rotatable bonds is 4. The Morgan fingerprint density at radius 3 is 3.00 bits per heavy atom. The van der Waals surface area contributed by atoms with E-state index in [0.29, 0.717) is 5.56 Å². The second kappa shape index (κ2) is 8.17. The van der Waals surface area contributed by atoms with E-state index < -0.39 is 5.82 Å². The van der Waals surface area contributed by atoms with Crippen LogP contribution in [0.25, 0.3) is 6.08 Å². The van der Waals surface area contributed by atoms with E-state index in [1.165, 1.54) is 23.2 Å². The van der Waals surface area contributed by atoms with Gasteiger partial charge in [-0.1, -0.05) is 6.07 Å². The second-order valence-electron chi connectivity index (χ2n) is 5.80. The molecule has 4 nitrogen and oxygen atoms in total. The molecule has 0 radical (unpaired) electrons. The number of hydrogen-bond acceptors (Lipinski definition) is 4. The summed E-state index contributed by atoms with van der Waals surface area (Å²) in [5.41, 5.74) is 0.595. The number of amides is 1. The molecule has 0 bridgehead atoms. The standard InChI is InChI=1S/C18H20FN3OS/c19-16-11-15(12-20-13-16)4-5-18(23)22-7-2-6-21(8-9-22)14-17-3-1-10-24-17/h1,3-5,10-13H,2,6-9,14H2/b5-4+. The Bertz CT molecular complexity index is 702. The second-order valence-corrected chi connectivity index (χ2v) is 6.84. The summed E-state index contributed by atoms with van der Waals surface area (Å²) in [6, 6.07) is 5.58. The molecule has 6 heteroatoms. The van der Waals surface area contributed by atoms with Crippen LogP contribution in [0, 0.1) is 5.82 Å². The van der Waals surface area contributed by atoms with Crippen molar-refractivity contribution in [2.45, 2.75) is 13.0 Å². The van der Waals surface area contributed by atoms with Gasteiger partial charge in [0, 0.05) is 49.9 Å². The van der Waals surface area contributed by atoms with Crippen LogP contribution in [0.15, 0.2) is 42.0 Å². The lowest BCUT2D eigenvalue weighted by atomic mass is 10.2. The fourth-order valence-electron chi connectivity index (χ4n) is 2.76. The van der Waals surface area contributed by atoms with Crippen molar-refractivity contribution in [1.29, 1.82) is 0 Å². The first kappa shape index (κ1) is 16.8. The van der Waals surface area contributed by atoms with Gasteiger partial charge in [0.1, 0.15) is 5.82 Å². The Morgan fingerprint density at radius 2 is 2.21 bits per heavy atom. The first-order valence-corrected chi connectivity index (χ1v) is 8.91. The van der Waals surface area contributed by atoms with Gasteiger partial charge in [0.2, 0.25) is 5.91 Å². The van der Waals surface area contributed by atoms with Gasteiger partial charge in [-0.3, -0.25) is 14.7 Å². The molecule has 0 atom stereocenters. The van der Waals surface area contributed by atoms with Gasteiger partial charge >= 0.3 is 0 Å². The Labute approximate surface area is 145 Å². The summed E-state index contributed by atoms with van der Waals surface area (Å²) >= 11 is 1.77. The smallest absolute Gasteiger partial charge is 0.246 e. The van der Waals surface area contributed by atoms with Crippen molar-refractivity contribution >= 4 is 23.3 Å². The molecule has 1 aliphatic heterocycles. The van der Waals surface area contributed by atoms with Crippen molar-refractivity contribution in [2.75, 3.05) is 26.2 Å². The fraction of sp³-hybridized carbons (Fsp3) is 0.333. The highest BCUT2D eigenvalue weighted by Crippen LogP contribution is 2.14. The molecule has 1 aliphatic rings. The Balaban J connectivity index is 1.54. The lowest BCUT2D eigenvalue weighted by Crippen LogP contribution is -2.33. The monoisotopic (exact) mass is 345 g/mol. The van der Waals surface area contributed by atoms with Gasteiger partial charge in [0.25, 0.3) is 0 Å². The lowest BCUT2D eigenvalue weighted by Gasteiger charge is -2.20. The minimum absolute atomic E-state index is 0.0303. The van der Waals surface area contributed by atoms with Crippen molar-refractivity contribution < 1.29 is 9.18 Å². The number of halogens is 1. The maximum Gasteiger partial charge on any atom is 0.246 e. The fourth-order valence-corrected chi connectivity index (χ4v) is 3.51. The number of hydrogen-bond donors (Lipinski definition) is 0. The van der Waals surface area contributed by atoms with E-state index in [9.17, 15) is 9.18 Å². The number of pyridine rings is 1. The molecule has 0 saturated carbocycles. The van der Waals surface area contributed by atoms with E-state index in [-0.39, 0.29) is 5.91 Å². The summed E-state index contributed by atoms with van der Waals surface area (Å²) in [6.07, 6.45) is 6.78. The van der Waals surface area contributed by atoms with Crippen molar-refractivity contribution in [3.8, 4) is 0 Å². The molecule has 1 saturated heterocycles. The maximum absolute atomic E-state index is 13.1. The summed E-state index contributed by atoms with van der Waals surface area (Å²) in [6.45, 7) is 4.30. The zero-order chi connectivity index (χ0) is 16.8. The Hall–Kier alpha value is -2.05. The Morgan fingerprint density at radius 1 is 1.29 bits per heavy atom. The van der Waals surface area contributed by atoms with Gasteiger partial charge in [-0.25, -0.2) is 4.39 Å². The summed E-state index contributed by atoms with van der Waals surface area (Å²) in [7, 11) is 0. The van der Waals surface area contributed by atoms with Gasteiger partial charge in [0.15, 0.2) is 0 Å². The average Bonchev–Trinajstić information content (AvgIpc) is 2.97. The van der Waals surface area contributed by atoms with Gasteiger partial charge in [-0.05, 0) is 35.6 Å². The van der Waals surface area contributed by atoms with E-state index in [1.54, 1.807) is 17.4 Å². The van der Waals surface area contributed by atoms with E-state index >= 15 is 0 Å². The first-order chi connectivity index (χ1) is 11.7. The SMILES string of the molecule is O=C(/C=C/c1cncc(F)c1)N1CCCN(Cc2cccs2)CC1. The van der Waals surface area contributed by atoms with Crippen LogP contribution in [0.4, 0.5) is 4.39 Å². The predicted molar refractivity (Wildman–Crippen MR) is 94.0 cm³/mol. The van der Waals surface area contributed by atoms with E-state index in [4.69, 9.17) is 0 Å². The molecule has 2 aromatic heterocycles. The van der Waals surface area contributed by atoms with E-state index in [1.807, 2.05) is 4.90 Å². The quantitative estimate of drug-likeness (QED) is 0.799. The maximum atomic E-state index is 13.1. The summed E-state index contributed by atoms with van der Waals surface area (Å²) in [5.74, 6) is -0.430. The minimum atomic E-state index is -0.399. The number of nitrogens with zero attached hydrogens (tertiary/aromatic N) is 3. The van der Waals surface area contributed by atoms with Crippen molar-refractivity contribution in [2.24, 2.45) is 0 Å². The molecule has 0 spiro atoms. The number of carbonyl (C=O) groups excluding carboxylic acids is 1. The van der Waals surface area contributed by atoms with Crippen molar-refractivity contribution in [3.05, 3.63) is 58.3 Å². The third-order valence-corrected chi connectivity index (χ3v) is 4.87. The highest BCUT2D eigenvalue weighted by atomic mass is 32.1. The summed E-state index contributed by atoms with van der Waals surface area (Å²) in [4.78, 5) is 21.7. The van der Waals surface area contributed by atoms with Crippen LogP contribution in [-0.2, 0) is 11.3 Å². The number of thiophene rings is 1. The van der Waals surface area contributed by atoms with Crippen LogP contribution in [0.5, 0.6) is 0 Å². The van der Waals surface area contributed by atoms with Gasteiger partial charge in [0.05, 0.1) is 6.20 Å². The van der Waals surface area contributed by atoms with Crippen LogP contribution in [0.3, 0.4) is 0 Å². The first-order valence-electron chi connectivity index (χ1n) is 8.03. The van der Waals surface area contributed by atoms with Crippen LogP contribution >= 0.6 is 11.3 Å². The predicted octanol–water partition coefficient (Wildman–Crippen LogP) is 3.03. The summed E-state index contributed by atoms with van der Waals surface area (Å²) in [5, 5.41) is 2.09. The summed E-state index contributed by atoms with van der Waals surface area (Å²) < 4.78 is 13.1. The zero-order valence-corrected chi connectivity index (χ0v) is 14.2. The van der Waals surface area contributed by atoms with Crippen LogP contribution in [0.2, 0.25) is 0 Å². The molecule has 3 rings (SSSR count). The highest BCUT2D eigenvalue weighted by Gasteiger charge is 2.17. The van der Waals surface area contributed by atoms with Gasteiger partial charge < -0.3 is 4.90 Å². The Kier molecular flexibility index (Phi) is 5.72. The molecule has 0 aromatic carbocycles. The molecule has 0 unspecified atom stereocenters. The average molecular weight is 345 g/mol. The van der Waals surface area contributed by atoms with Crippen LogP contribution < -0.4 is 0 Å². The molecule has 2 aromatic rings. The molecular formula is C18H20FN3OS. The van der Waals surface area contributed by atoms with E-state index in [0.717, 1.165) is 45.3 Å². The highest BCUT2D eigenvalue weighted by molar-refractivity contribution is 7.09. The third-order valence-electron chi connectivity index (χ3n) is 4.00. The molecule has 24 heavy (non-hydrogen) atoms. The molecule has 3 heterocycles. The van der Waals surface area contributed by atoms with Gasteiger partial charge in [-0.2, -0.15) is 0 Å². The van der Waals surface area contributed by atoms with Crippen molar-refractivity contribution in [3.63, 3.8) is 0 Å². The largest absolute Gasteiger partial charge is 0.338 e. The number of aromatic nitrogens is 1. The van der Waals surface area contributed by atoms with E-state index in [2.05, 4.69) is 27.4 Å². The minimum Gasteiger partial charge on any atom is -0.338 e. The van der Waals surface area contributed by atoms with Crippen LogP contribution in [0.1, 0.15) is 16.9 Å². The molecule has 0 N–H and O–H groups in total. The molecule has 1 amide bonds. The third kappa shape index (κ3) is 4.72. The molecule has 126 valence electrons. The number of carbonyl (C=O) groups is 1. The van der Waals surface area contributed by atoms with Gasteiger partial charge in [-0.15, -0.1) is 11.3 Å². The normalized spacial score (nSPS) is 16.5. The van der Waals surface area contributed by atoms with Crippen molar-refractivity contribution in [1.82, 2.24) is 14.8 Å². The molecule has 0 aliphatic carbocycles. The lowest BCUT2D eigenvalue weighted by molar-refractivity contribution is -0.125. The topological polar surface area (TPSA) is 36.4 Å². The molecule has 1 fully saturated rings. The molecular weight excluding hydrogens is 325 g/mol.